The van der Waals surface area contributed by atoms with Gasteiger partial charge in [0.05, 0.1) is 11.5 Å². The first kappa shape index (κ1) is 10.5. The van der Waals surface area contributed by atoms with Crippen LogP contribution in [0.1, 0.15) is 45.4 Å². The predicted molar refractivity (Wildman–Crippen MR) is 57.8 cm³/mol. The van der Waals surface area contributed by atoms with Crippen molar-refractivity contribution >= 4 is 11.6 Å². The maximum absolute atomic E-state index is 12.1. The molecule has 0 heterocycles. The van der Waals surface area contributed by atoms with Gasteiger partial charge in [0.15, 0.2) is 0 Å². The van der Waals surface area contributed by atoms with Gasteiger partial charge in [0.2, 0.25) is 0 Å². The van der Waals surface area contributed by atoms with Gasteiger partial charge in [-0.3, -0.25) is 9.59 Å². The van der Waals surface area contributed by atoms with E-state index in [1.165, 1.54) is 0 Å². The van der Waals surface area contributed by atoms with Gasteiger partial charge in [0.25, 0.3) is 0 Å². The maximum Gasteiger partial charge on any atom is 0.139 e. The minimum absolute atomic E-state index is 0.120. The van der Waals surface area contributed by atoms with Gasteiger partial charge >= 0.3 is 0 Å². The molecule has 3 aliphatic carbocycles. The molecule has 0 aromatic carbocycles. The summed E-state index contributed by atoms with van der Waals surface area (Å²) in [5.41, 5.74) is -0.996. The molecule has 3 fully saturated rings. The summed E-state index contributed by atoms with van der Waals surface area (Å²) in [6.07, 6.45) is 3.89. The third-order valence-electron chi connectivity index (χ3n) is 5.04. The summed E-state index contributed by atoms with van der Waals surface area (Å²) in [5.74, 6) is -0.241. The van der Waals surface area contributed by atoms with Crippen LogP contribution in [0.3, 0.4) is 0 Å². The van der Waals surface area contributed by atoms with E-state index in [1.54, 1.807) is 0 Å². The van der Waals surface area contributed by atoms with E-state index < -0.39 is 5.60 Å². The molecule has 0 amide bonds. The summed E-state index contributed by atoms with van der Waals surface area (Å²) < 4.78 is 0. The van der Waals surface area contributed by atoms with Crippen LogP contribution in [0.2, 0.25) is 0 Å². The zero-order valence-electron chi connectivity index (χ0n) is 9.66. The first-order valence-electron chi connectivity index (χ1n) is 6.24. The number of hydrogen-bond donors (Lipinski definition) is 1. The minimum atomic E-state index is -0.876. The topological polar surface area (TPSA) is 54.4 Å². The van der Waals surface area contributed by atoms with Gasteiger partial charge in [-0.25, -0.2) is 0 Å². The molecule has 3 saturated carbocycles. The molecule has 0 spiro atoms. The van der Waals surface area contributed by atoms with Gasteiger partial charge < -0.3 is 5.11 Å². The van der Waals surface area contributed by atoms with Crippen molar-refractivity contribution in [2.75, 3.05) is 0 Å². The Hall–Kier alpha value is -0.700. The number of aliphatic hydroxyl groups is 1. The summed E-state index contributed by atoms with van der Waals surface area (Å²) in [7, 11) is 0. The molecule has 16 heavy (non-hydrogen) atoms. The van der Waals surface area contributed by atoms with Crippen molar-refractivity contribution in [2.24, 2.45) is 17.3 Å². The van der Waals surface area contributed by atoms with Crippen molar-refractivity contribution in [3.05, 3.63) is 0 Å². The van der Waals surface area contributed by atoms with Crippen LogP contribution in [-0.2, 0) is 9.59 Å². The molecular formula is C13H18O3. The van der Waals surface area contributed by atoms with Crippen LogP contribution in [0.25, 0.3) is 0 Å². The van der Waals surface area contributed by atoms with Crippen LogP contribution in [0.15, 0.2) is 0 Å². The van der Waals surface area contributed by atoms with Gasteiger partial charge in [-0.05, 0) is 31.1 Å². The molecule has 4 atom stereocenters. The second-order valence-corrected chi connectivity index (χ2v) is 6.18. The predicted octanol–water partition coefficient (Wildman–Crippen LogP) is 1.48. The summed E-state index contributed by atoms with van der Waals surface area (Å²) in [6.45, 7) is 2.08. The fourth-order valence-electron chi connectivity index (χ4n) is 4.47. The number of rotatable bonds is 0. The Labute approximate surface area is 95.2 Å². The molecule has 4 unspecified atom stereocenters. The normalized spacial score (nSPS) is 51.6. The van der Waals surface area contributed by atoms with Gasteiger partial charge in [-0.1, -0.05) is 6.92 Å². The molecule has 0 aliphatic heterocycles. The average molecular weight is 222 g/mol. The molecule has 0 radical (unpaired) electrons. The Morgan fingerprint density at radius 1 is 1.12 bits per heavy atom. The number of carbonyl (C=O) groups is 2. The molecule has 0 saturated heterocycles. The van der Waals surface area contributed by atoms with Crippen LogP contribution in [0, 0.1) is 17.3 Å². The van der Waals surface area contributed by atoms with Crippen molar-refractivity contribution in [1.29, 1.82) is 0 Å². The lowest BCUT2D eigenvalue weighted by Gasteiger charge is -2.36. The fourth-order valence-corrected chi connectivity index (χ4v) is 4.47. The Kier molecular flexibility index (Phi) is 1.93. The fraction of sp³-hybridized carbons (Fsp3) is 0.846. The second-order valence-electron chi connectivity index (χ2n) is 6.18. The molecule has 88 valence electrons. The molecule has 3 rings (SSSR count). The van der Waals surface area contributed by atoms with Gasteiger partial charge in [-0.2, -0.15) is 0 Å². The van der Waals surface area contributed by atoms with E-state index in [4.69, 9.17) is 0 Å². The van der Waals surface area contributed by atoms with E-state index in [-0.39, 0.29) is 28.8 Å². The molecule has 3 aliphatic rings. The Morgan fingerprint density at radius 2 is 1.81 bits per heavy atom. The number of Topliss-reactive ketones (excluding diaryl/α,β-unsaturated/α-hetero) is 2. The van der Waals surface area contributed by atoms with E-state index in [0.29, 0.717) is 25.7 Å². The third kappa shape index (κ3) is 1.12. The van der Waals surface area contributed by atoms with E-state index in [1.807, 2.05) is 0 Å². The highest BCUT2D eigenvalue weighted by atomic mass is 16.3. The van der Waals surface area contributed by atoms with Crippen molar-refractivity contribution in [3.63, 3.8) is 0 Å². The van der Waals surface area contributed by atoms with Crippen molar-refractivity contribution < 1.29 is 14.7 Å². The van der Waals surface area contributed by atoms with Crippen LogP contribution in [0.5, 0.6) is 0 Å². The smallest absolute Gasteiger partial charge is 0.139 e. The lowest BCUT2D eigenvalue weighted by molar-refractivity contribution is -0.141. The Morgan fingerprint density at radius 3 is 2.56 bits per heavy atom. The largest absolute Gasteiger partial charge is 0.389 e. The standard InChI is InChI=1S/C13H18O3/c1-12-6-4-9(15)11-10(12)8(14)3-2-5-13(11,16)7-12/h10-11,16H,2-7H2,1H3. The van der Waals surface area contributed by atoms with Crippen molar-refractivity contribution in [1.82, 2.24) is 0 Å². The molecule has 3 heteroatoms. The van der Waals surface area contributed by atoms with Gasteiger partial charge in [0, 0.05) is 18.8 Å². The lowest BCUT2D eigenvalue weighted by atomic mass is 9.66. The lowest BCUT2D eigenvalue weighted by Crippen LogP contribution is -2.43. The Balaban J connectivity index is 2.14. The van der Waals surface area contributed by atoms with Crippen LogP contribution in [-0.4, -0.2) is 22.3 Å². The van der Waals surface area contributed by atoms with E-state index >= 15 is 0 Å². The zero-order chi connectivity index (χ0) is 11.6. The molecule has 1 N–H and O–H groups in total. The van der Waals surface area contributed by atoms with E-state index in [9.17, 15) is 14.7 Å². The van der Waals surface area contributed by atoms with Crippen LogP contribution < -0.4 is 0 Å². The second kappa shape index (κ2) is 2.95. The zero-order valence-corrected chi connectivity index (χ0v) is 9.66. The summed E-state index contributed by atoms with van der Waals surface area (Å²) in [6, 6.07) is 0. The number of ketones is 2. The minimum Gasteiger partial charge on any atom is -0.389 e. The van der Waals surface area contributed by atoms with E-state index in [0.717, 1.165) is 12.8 Å². The summed E-state index contributed by atoms with van der Waals surface area (Å²) >= 11 is 0. The van der Waals surface area contributed by atoms with Gasteiger partial charge in [0.1, 0.15) is 11.6 Å². The average Bonchev–Trinajstić information content (AvgIpc) is 2.29. The number of hydrogen-bond acceptors (Lipinski definition) is 3. The monoisotopic (exact) mass is 222 g/mol. The molecule has 0 aromatic heterocycles. The first-order valence-corrected chi connectivity index (χ1v) is 6.24. The van der Waals surface area contributed by atoms with Crippen molar-refractivity contribution in [3.8, 4) is 0 Å². The quantitative estimate of drug-likeness (QED) is 0.675. The summed E-state index contributed by atoms with van der Waals surface area (Å²) in [4.78, 5) is 24.1. The van der Waals surface area contributed by atoms with E-state index in [2.05, 4.69) is 6.92 Å². The summed E-state index contributed by atoms with van der Waals surface area (Å²) in [5, 5.41) is 10.7. The molecular weight excluding hydrogens is 204 g/mol. The first-order chi connectivity index (χ1) is 7.46. The number of carbonyl (C=O) groups excluding carboxylic acids is 2. The molecule has 4 bridgehead atoms. The highest BCUT2D eigenvalue weighted by Gasteiger charge is 2.65. The Bertz CT molecular complexity index is 375. The van der Waals surface area contributed by atoms with Crippen LogP contribution in [0.4, 0.5) is 0 Å². The molecule has 0 aromatic rings. The molecule has 3 nitrogen and oxygen atoms in total. The maximum atomic E-state index is 12.1. The highest BCUT2D eigenvalue weighted by Crippen LogP contribution is 2.61. The van der Waals surface area contributed by atoms with Gasteiger partial charge in [-0.15, -0.1) is 0 Å². The van der Waals surface area contributed by atoms with Crippen LogP contribution >= 0.6 is 0 Å². The highest BCUT2D eigenvalue weighted by molar-refractivity contribution is 5.94. The SMILES string of the molecule is CC12CCC(=O)C3C1C(=O)CCCC3(O)C2. The van der Waals surface area contributed by atoms with Crippen molar-refractivity contribution in [2.45, 2.75) is 51.0 Å². The third-order valence-corrected chi connectivity index (χ3v) is 5.04.